The molecule has 1 aromatic rings. The molecule has 0 aliphatic carbocycles. The van der Waals surface area contributed by atoms with Crippen LogP contribution >= 0.6 is 15.9 Å². The zero-order chi connectivity index (χ0) is 16.9. The number of hydrogen-bond acceptors (Lipinski definition) is 5. The van der Waals surface area contributed by atoms with Crippen molar-refractivity contribution in [1.29, 1.82) is 0 Å². The van der Waals surface area contributed by atoms with Crippen molar-refractivity contribution in [2.45, 2.75) is 24.9 Å². The molecular formula is C16H22BrN5O2. The van der Waals surface area contributed by atoms with Gasteiger partial charge in [-0.2, -0.15) is 0 Å². The standard InChI is InChI=1S/C16H22BrN5O2/c17-10-1-3-11(4-2-10)20-14(23)6-8-19-16(24)15-12-9-18-7-5-13(12)21-22-15/h1-4,12-13,15,18,21-22H,5-9H2,(H,19,24)(H,20,23). The summed E-state index contributed by atoms with van der Waals surface area (Å²) >= 11 is 3.35. The van der Waals surface area contributed by atoms with Crippen LogP contribution < -0.4 is 26.8 Å². The molecule has 0 aromatic heterocycles. The molecule has 0 radical (unpaired) electrons. The lowest BCUT2D eigenvalue weighted by Gasteiger charge is -2.27. The fourth-order valence-electron chi connectivity index (χ4n) is 3.14. The van der Waals surface area contributed by atoms with Gasteiger partial charge >= 0.3 is 0 Å². The second-order valence-corrected chi connectivity index (χ2v) is 7.04. The zero-order valence-corrected chi connectivity index (χ0v) is 14.9. The van der Waals surface area contributed by atoms with Gasteiger partial charge in [0.25, 0.3) is 0 Å². The van der Waals surface area contributed by atoms with E-state index in [0.29, 0.717) is 12.6 Å². The summed E-state index contributed by atoms with van der Waals surface area (Å²) in [5, 5.41) is 8.97. The van der Waals surface area contributed by atoms with Gasteiger partial charge in [-0.3, -0.25) is 15.0 Å². The summed E-state index contributed by atoms with van der Waals surface area (Å²) in [7, 11) is 0. The summed E-state index contributed by atoms with van der Waals surface area (Å²) in [4.78, 5) is 24.2. The Morgan fingerprint density at radius 1 is 1.21 bits per heavy atom. The summed E-state index contributed by atoms with van der Waals surface area (Å²) in [6.45, 7) is 2.12. The molecule has 3 rings (SSSR count). The number of benzene rings is 1. The highest BCUT2D eigenvalue weighted by molar-refractivity contribution is 9.10. The van der Waals surface area contributed by atoms with E-state index in [-0.39, 0.29) is 30.2 Å². The Morgan fingerprint density at radius 2 is 2.00 bits per heavy atom. The maximum Gasteiger partial charge on any atom is 0.238 e. The fraction of sp³-hybridized carbons (Fsp3) is 0.500. The van der Waals surface area contributed by atoms with Gasteiger partial charge in [0.05, 0.1) is 0 Å². The predicted octanol–water partition coefficient (Wildman–Crippen LogP) is 0.348. The molecule has 0 spiro atoms. The maximum absolute atomic E-state index is 12.3. The zero-order valence-electron chi connectivity index (χ0n) is 13.3. The lowest BCUT2D eigenvalue weighted by molar-refractivity contribution is -0.124. The Bertz CT molecular complexity index is 595. The van der Waals surface area contributed by atoms with Crippen LogP contribution in [0.1, 0.15) is 12.8 Å². The van der Waals surface area contributed by atoms with Crippen LogP contribution in [0.15, 0.2) is 28.7 Å². The molecule has 130 valence electrons. The van der Waals surface area contributed by atoms with Gasteiger partial charge in [-0.05, 0) is 37.2 Å². The smallest absolute Gasteiger partial charge is 0.238 e. The average Bonchev–Trinajstić information content (AvgIpc) is 3.01. The van der Waals surface area contributed by atoms with E-state index in [1.165, 1.54) is 0 Å². The quantitative estimate of drug-likeness (QED) is 0.495. The number of hydrazine groups is 1. The van der Waals surface area contributed by atoms with Crippen LogP contribution in [0.3, 0.4) is 0 Å². The molecule has 2 saturated heterocycles. The van der Waals surface area contributed by atoms with Crippen LogP contribution in [0.2, 0.25) is 0 Å². The van der Waals surface area contributed by atoms with Crippen LogP contribution in [0.25, 0.3) is 0 Å². The van der Waals surface area contributed by atoms with Crippen molar-refractivity contribution in [3.63, 3.8) is 0 Å². The Balaban J connectivity index is 1.40. The minimum absolute atomic E-state index is 0.0601. The molecule has 0 saturated carbocycles. The molecule has 2 fully saturated rings. The molecule has 3 atom stereocenters. The minimum Gasteiger partial charge on any atom is -0.354 e. The Kier molecular flexibility index (Phi) is 5.83. The van der Waals surface area contributed by atoms with Crippen molar-refractivity contribution in [3.05, 3.63) is 28.7 Å². The molecule has 2 heterocycles. The van der Waals surface area contributed by atoms with Gasteiger partial charge in [0, 0.05) is 41.6 Å². The maximum atomic E-state index is 12.3. The lowest BCUT2D eigenvalue weighted by atomic mass is 9.89. The highest BCUT2D eigenvalue weighted by Crippen LogP contribution is 2.20. The Morgan fingerprint density at radius 3 is 2.79 bits per heavy atom. The number of anilines is 1. The van der Waals surface area contributed by atoms with E-state index in [1.807, 2.05) is 24.3 Å². The van der Waals surface area contributed by atoms with Gasteiger partial charge < -0.3 is 16.0 Å². The second-order valence-electron chi connectivity index (χ2n) is 6.13. The first-order valence-electron chi connectivity index (χ1n) is 8.18. The van der Waals surface area contributed by atoms with E-state index >= 15 is 0 Å². The third-order valence-corrected chi connectivity index (χ3v) is 4.97. The third kappa shape index (κ3) is 4.32. The topological polar surface area (TPSA) is 94.3 Å². The summed E-state index contributed by atoms with van der Waals surface area (Å²) in [5.74, 6) is 0.0674. The molecule has 0 bridgehead atoms. The van der Waals surface area contributed by atoms with Crippen molar-refractivity contribution < 1.29 is 9.59 Å². The lowest BCUT2D eigenvalue weighted by Crippen LogP contribution is -2.49. The van der Waals surface area contributed by atoms with Crippen LogP contribution in [-0.2, 0) is 9.59 Å². The van der Waals surface area contributed by atoms with E-state index in [1.54, 1.807) is 0 Å². The number of carbonyl (C=O) groups is 2. The molecule has 7 nitrogen and oxygen atoms in total. The normalized spacial score (nSPS) is 25.8. The SMILES string of the molecule is O=C(CCNC(=O)C1NNC2CCNCC21)Nc1ccc(Br)cc1. The number of nitrogens with one attached hydrogen (secondary N) is 5. The predicted molar refractivity (Wildman–Crippen MR) is 95.2 cm³/mol. The van der Waals surface area contributed by atoms with E-state index in [2.05, 4.69) is 42.7 Å². The molecule has 5 N–H and O–H groups in total. The van der Waals surface area contributed by atoms with Gasteiger partial charge in [-0.1, -0.05) is 15.9 Å². The van der Waals surface area contributed by atoms with E-state index in [4.69, 9.17) is 0 Å². The molecule has 2 aliphatic rings. The number of carbonyl (C=O) groups excluding carboxylic acids is 2. The van der Waals surface area contributed by atoms with Crippen LogP contribution in [-0.4, -0.2) is 43.5 Å². The van der Waals surface area contributed by atoms with E-state index in [0.717, 1.165) is 29.7 Å². The summed E-state index contributed by atoms with van der Waals surface area (Å²) in [6.07, 6.45) is 1.26. The molecular weight excluding hydrogens is 374 g/mol. The Labute approximate surface area is 149 Å². The summed E-state index contributed by atoms with van der Waals surface area (Å²) < 4.78 is 0.959. The number of fused-ring (bicyclic) bond motifs is 1. The highest BCUT2D eigenvalue weighted by Gasteiger charge is 2.40. The van der Waals surface area contributed by atoms with Gasteiger partial charge in [0.2, 0.25) is 11.8 Å². The minimum atomic E-state index is -0.252. The third-order valence-electron chi connectivity index (χ3n) is 4.44. The Hall–Kier alpha value is -1.48. The van der Waals surface area contributed by atoms with Crippen molar-refractivity contribution in [3.8, 4) is 0 Å². The molecule has 8 heteroatoms. The number of piperidine rings is 1. The van der Waals surface area contributed by atoms with E-state index in [9.17, 15) is 9.59 Å². The number of rotatable bonds is 5. The monoisotopic (exact) mass is 395 g/mol. The molecule has 2 aliphatic heterocycles. The van der Waals surface area contributed by atoms with Crippen molar-refractivity contribution in [2.24, 2.45) is 5.92 Å². The number of amides is 2. The van der Waals surface area contributed by atoms with Crippen molar-refractivity contribution in [1.82, 2.24) is 21.5 Å². The van der Waals surface area contributed by atoms with Crippen LogP contribution in [0.5, 0.6) is 0 Å². The summed E-state index contributed by atoms with van der Waals surface area (Å²) in [6, 6.07) is 7.46. The first kappa shape index (κ1) is 17.3. The summed E-state index contributed by atoms with van der Waals surface area (Å²) in [5.41, 5.74) is 7.01. The van der Waals surface area contributed by atoms with Gasteiger partial charge in [-0.25, -0.2) is 5.43 Å². The van der Waals surface area contributed by atoms with Crippen LogP contribution in [0, 0.1) is 5.92 Å². The highest BCUT2D eigenvalue weighted by atomic mass is 79.9. The fourth-order valence-corrected chi connectivity index (χ4v) is 3.41. The van der Waals surface area contributed by atoms with Gasteiger partial charge in [0.1, 0.15) is 6.04 Å². The van der Waals surface area contributed by atoms with Gasteiger partial charge in [0.15, 0.2) is 0 Å². The van der Waals surface area contributed by atoms with Crippen molar-refractivity contribution >= 4 is 33.4 Å². The van der Waals surface area contributed by atoms with Crippen molar-refractivity contribution in [2.75, 3.05) is 25.0 Å². The average molecular weight is 396 g/mol. The van der Waals surface area contributed by atoms with Gasteiger partial charge in [-0.15, -0.1) is 0 Å². The number of halogens is 1. The molecule has 3 unspecified atom stereocenters. The first-order valence-corrected chi connectivity index (χ1v) is 8.97. The molecule has 1 aromatic carbocycles. The first-order chi connectivity index (χ1) is 11.6. The molecule has 24 heavy (non-hydrogen) atoms. The van der Waals surface area contributed by atoms with Crippen LogP contribution in [0.4, 0.5) is 5.69 Å². The second kappa shape index (κ2) is 8.06. The number of hydrogen-bond donors (Lipinski definition) is 5. The molecule has 2 amide bonds. The van der Waals surface area contributed by atoms with E-state index < -0.39 is 0 Å². The largest absolute Gasteiger partial charge is 0.354 e.